The van der Waals surface area contributed by atoms with Gasteiger partial charge < -0.3 is 21.3 Å². The van der Waals surface area contributed by atoms with Crippen LogP contribution in [0, 0.1) is 27.7 Å². The molecular weight excluding hydrogens is 826 g/mol. The number of anilines is 2. The third-order valence-corrected chi connectivity index (χ3v) is 9.76. The van der Waals surface area contributed by atoms with Gasteiger partial charge in [-0.05, 0) is 112 Å². The number of carbonyl (C=O) groups is 1. The van der Waals surface area contributed by atoms with E-state index in [2.05, 4.69) is 25.3 Å². The van der Waals surface area contributed by atoms with Gasteiger partial charge in [0, 0.05) is 59.7 Å². The highest BCUT2D eigenvalue weighted by Gasteiger charge is 2.23. The van der Waals surface area contributed by atoms with Crippen molar-refractivity contribution >= 4 is 86.1 Å². The molecule has 8 aromatic rings. The Kier molecular flexibility index (Phi) is 15.4. The minimum absolute atomic E-state index is 0.104. The molecule has 8 rings (SSSR count). The molecule has 0 aliphatic heterocycles. The molecular formula is C46H40Cl4N6O3. The zero-order valence-corrected chi connectivity index (χ0v) is 35.5. The number of fused-ring (bicyclic) bond motifs is 2. The number of nitrogens with one attached hydrogen (secondary N) is 1. The average Bonchev–Trinajstić information content (AvgIpc) is 3.20. The topological polar surface area (TPSA) is 147 Å². The number of nitrogens with two attached hydrogens (primary N) is 1. The maximum absolute atomic E-state index is 11.1. The zero-order valence-electron chi connectivity index (χ0n) is 32.5. The van der Waals surface area contributed by atoms with Crippen LogP contribution in [0.4, 0.5) is 11.6 Å². The summed E-state index contributed by atoms with van der Waals surface area (Å²) in [6.07, 6.45) is 0.675. The molecule has 0 bridgehead atoms. The summed E-state index contributed by atoms with van der Waals surface area (Å²) < 4.78 is 0. The monoisotopic (exact) mass is 864 g/mol. The van der Waals surface area contributed by atoms with E-state index in [0.29, 0.717) is 60.2 Å². The van der Waals surface area contributed by atoms with E-state index >= 15 is 0 Å². The number of pyridine rings is 4. The summed E-state index contributed by atoms with van der Waals surface area (Å²) in [6, 6.07) is 37.8. The summed E-state index contributed by atoms with van der Waals surface area (Å²) >= 11 is 24.0. The quantitative estimate of drug-likeness (QED) is 0.124. The fourth-order valence-electron chi connectivity index (χ4n) is 5.75. The average molecular weight is 867 g/mol. The van der Waals surface area contributed by atoms with Crippen molar-refractivity contribution in [1.82, 2.24) is 19.9 Å². The van der Waals surface area contributed by atoms with Crippen molar-refractivity contribution in [3.8, 4) is 11.5 Å². The van der Waals surface area contributed by atoms with Gasteiger partial charge in [-0.2, -0.15) is 0 Å². The molecule has 13 heteroatoms. The number of phenolic OH excluding ortho intramolecular Hbond substituents is 2. The van der Waals surface area contributed by atoms with Gasteiger partial charge in [0.1, 0.15) is 34.2 Å². The molecule has 300 valence electrons. The highest BCUT2D eigenvalue weighted by molar-refractivity contribution is 6.35. The lowest BCUT2D eigenvalue weighted by molar-refractivity contribution is 0.112. The molecule has 4 heterocycles. The minimum Gasteiger partial charge on any atom is -0.506 e. The number of hydrogen-bond acceptors (Lipinski definition) is 9. The smallest absolute Gasteiger partial charge is 0.151 e. The molecule has 0 aliphatic rings. The predicted molar refractivity (Wildman–Crippen MR) is 242 cm³/mol. The van der Waals surface area contributed by atoms with E-state index in [4.69, 9.17) is 52.1 Å². The van der Waals surface area contributed by atoms with Crippen LogP contribution in [0.1, 0.15) is 50.3 Å². The zero-order chi connectivity index (χ0) is 42.6. The molecule has 0 saturated carbocycles. The van der Waals surface area contributed by atoms with Crippen molar-refractivity contribution in [2.24, 2.45) is 0 Å². The van der Waals surface area contributed by atoms with E-state index < -0.39 is 6.04 Å². The second kappa shape index (κ2) is 20.6. The maximum atomic E-state index is 11.1. The van der Waals surface area contributed by atoms with Crippen LogP contribution in [0.5, 0.6) is 11.5 Å². The van der Waals surface area contributed by atoms with E-state index in [1.54, 1.807) is 42.5 Å². The predicted octanol–water partition coefficient (Wildman–Crippen LogP) is 12.5. The van der Waals surface area contributed by atoms with Crippen molar-refractivity contribution in [1.29, 1.82) is 0 Å². The first-order valence-electron chi connectivity index (χ1n) is 18.1. The van der Waals surface area contributed by atoms with Crippen LogP contribution in [-0.4, -0.2) is 36.4 Å². The van der Waals surface area contributed by atoms with Crippen LogP contribution >= 0.6 is 46.4 Å². The Morgan fingerprint density at radius 2 is 1.14 bits per heavy atom. The van der Waals surface area contributed by atoms with Gasteiger partial charge >= 0.3 is 0 Å². The van der Waals surface area contributed by atoms with Crippen LogP contribution < -0.4 is 11.1 Å². The Morgan fingerprint density at radius 3 is 1.75 bits per heavy atom. The second-order valence-corrected chi connectivity index (χ2v) is 14.9. The Balaban J connectivity index is 0.000000179. The van der Waals surface area contributed by atoms with Crippen LogP contribution in [0.2, 0.25) is 20.1 Å². The highest BCUT2D eigenvalue weighted by Crippen LogP contribution is 2.39. The Bertz CT molecular complexity index is 2720. The number of carbonyl (C=O) groups excluding carboxylic acids is 1. The standard InChI is InChI=1S/C23H19Cl2N3O.C10H9NO.C7H4Cl2O.C6H8N2/c1-13-4-3-5-20(26-13)28-22(18-12-16(24)9-11-19(18)25)17-10-8-15-7-6-14(2)27-21(15)23(17)29;1-7-5-6-8-3-2-4-9(12)10(8)11-7;8-6-1-2-7(9)5(3-6)4-10;1-5-3-2-4-6(7)8-5/h3-12,22,29H,1-2H3,(H,26,28);2-6,12H,1H3;1-4H;2-4H,1H3,(H2,7,8). The van der Waals surface area contributed by atoms with Crippen LogP contribution in [-0.2, 0) is 0 Å². The van der Waals surface area contributed by atoms with Gasteiger partial charge in [-0.3, -0.25) is 4.79 Å². The minimum atomic E-state index is -0.470. The van der Waals surface area contributed by atoms with Crippen LogP contribution in [0.15, 0.2) is 127 Å². The van der Waals surface area contributed by atoms with Gasteiger partial charge in [0.15, 0.2) is 6.29 Å². The third-order valence-electron chi connectivity index (χ3n) is 8.60. The highest BCUT2D eigenvalue weighted by atomic mass is 35.5. The van der Waals surface area contributed by atoms with Crippen LogP contribution in [0.3, 0.4) is 0 Å². The van der Waals surface area contributed by atoms with Gasteiger partial charge in [0.25, 0.3) is 0 Å². The largest absolute Gasteiger partial charge is 0.506 e. The molecule has 0 saturated heterocycles. The van der Waals surface area contributed by atoms with Gasteiger partial charge in [0.2, 0.25) is 0 Å². The second-order valence-electron chi connectivity index (χ2n) is 13.2. The number of para-hydroxylation sites is 1. The molecule has 0 radical (unpaired) electrons. The molecule has 0 fully saturated rings. The normalized spacial score (nSPS) is 10.9. The summed E-state index contributed by atoms with van der Waals surface area (Å²) in [5, 5.41) is 27.8. The fourth-order valence-corrected chi connectivity index (χ4v) is 6.50. The Labute approximate surface area is 362 Å². The molecule has 1 atom stereocenters. The lowest BCUT2D eigenvalue weighted by atomic mass is 9.96. The maximum Gasteiger partial charge on any atom is 0.151 e. The number of phenols is 2. The molecule has 4 aromatic heterocycles. The summed E-state index contributed by atoms with van der Waals surface area (Å²) in [7, 11) is 0. The van der Waals surface area contributed by atoms with Gasteiger partial charge in [-0.15, -0.1) is 0 Å². The Hall–Kier alpha value is -5.97. The third kappa shape index (κ3) is 12.3. The molecule has 9 nitrogen and oxygen atoms in total. The van der Waals surface area contributed by atoms with E-state index in [-0.39, 0.29) is 11.5 Å². The number of nitrogen functional groups attached to an aromatic ring is 1. The molecule has 0 aliphatic carbocycles. The van der Waals surface area contributed by atoms with Crippen LogP contribution in [0.25, 0.3) is 21.8 Å². The number of aryl methyl sites for hydroxylation is 4. The molecule has 4 aromatic carbocycles. The number of aldehydes is 1. The van der Waals surface area contributed by atoms with Crippen molar-refractivity contribution in [2.75, 3.05) is 11.1 Å². The van der Waals surface area contributed by atoms with Gasteiger partial charge in [-0.1, -0.05) is 94.9 Å². The number of halogens is 4. The number of nitrogens with zero attached hydrogens (tertiary/aromatic N) is 4. The summed E-state index contributed by atoms with van der Waals surface area (Å²) in [4.78, 5) is 27.5. The first kappa shape index (κ1) is 44.1. The summed E-state index contributed by atoms with van der Waals surface area (Å²) in [5.74, 6) is 1.61. The van der Waals surface area contributed by atoms with Gasteiger partial charge in [-0.25, -0.2) is 19.9 Å². The van der Waals surface area contributed by atoms with Crippen molar-refractivity contribution in [3.05, 3.63) is 187 Å². The van der Waals surface area contributed by atoms with E-state index in [9.17, 15) is 15.0 Å². The number of aromatic hydroxyl groups is 2. The molecule has 0 spiro atoms. The first-order valence-corrected chi connectivity index (χ1v) is 19.6. The van der Waals surface area contributed by atoms with Gasteiger partial charge in [0.05, 0.1) is 11.1 Å². The number of benzene rings is 4. The lowest BCUT2D eigenvalue weighted by Gasteiger charge is -2.23. The summed E-state index contributed by atoms with van der Waals surface area (Å²) in [5.41, 5.74) is 12.0. The number of aromatic nitrogens is 4. The molecule has 59 heavy (non-hydrogen) atoms. The van der Waals surface area contributed by atoms with E-state index in [1.165, 1.54) is 6.07 Å². The van der Waals surface area contributed by atoms with Crippen molar-refractivity contribution in [2.45, 2.75) is 33.7 Å². The SMILES string of the molecule is Cc1ccc2cccc(O)c2n1.Cc1cccc(N)n1.Cc1cccc(NC(c2cc(Cl)ccc2Cl)c2ccc3ccc(C)nc3c2O)n1.O=Cc1cc(Cl)ccc1Cl. The molecule has 5 N–H and O–H groups in total. The van der Waals surface area contributed by atoms with E-state index in [1.807, 2.05) is 107 Å². The summed E-state index contributed by atoms with van der Waals surface area (Å²) in [6.45, 7) is 7.64. The Morgan fingerprint density at radius 1 is 0.576 bits per heavy atom. The van der Waals surface area contributed by atoms with Crippen molar-refractivity contribution < 1.29 is 15.0 Å². The number of rotatable bonds is 5. The fraction of sp³-hybridized carbons (Fsp3) is 0.109. The molecule has 1 unspecified atom stereocenters. The van der Waals surface area contributed by atoms with Crippen molar-refractivity contribution in [3.63, 3.8) is 0 Å². The van der Waals surface area contributed by atoms with E-state index in [0.717, 1.165) is 39.1 Å². The first-order chi connectivity index (χ1) is 28.2. The molecule has 0 amide bonds. The number of hydrogen-bond donors (Lipinski definition) is 4. The lowest BCUT2D eigenvalue weighted by Crippen LogP contribution is -2.14.